The summed E-state index contributed by atoms with van der Waals surface area (Å²) < 4.78 is 6.01. The minimum absolute atomic E-state index is 0.180. The molecule has 3 heteroatoms. The molecule has 19 heavy (non-hydrogen) atoms. The summed E-state index contributed by atoms with van der Waals surface area (Å²) in [6.45, 7) is 4.51. The molecular weight excluding hydrogens is 258 g/mol. The van der Waals surface area contributed by atoms with E-state index in [1.807, 2.05) is 43.3 Å². The SMILES string of the molecule is Cc1ccc(OC(CN)c2cccc(Cl)c2)c(C)c1. The second kappa shape index (κ2) is 6.09. The van der Waals surface area contributed by atoms with Gasteiger partial charge in [-0.3, -0.25) is 0 Å². The van der Waals surface area contributed by atoms with Crippen LogP contribution < -0.4 is 10.5 Å². The third-order valence-electron chi connectivity index (χ3n) is 3.03. The molecule has 0 saturated carbocycles. The summed E-state index contributed by atoms with van der Waals surface area (Å²) in [4.78, 5) is 0. The lowest BCUT2D eigenvalue weighted by Crippen LogP contribution is -2.18. The van der Waals surface area contributed by atoms with E-state index in [-0.39, 0.29) is 6.10 Å². The fraction of sp³-hybridized carbons (Fsp3) is 0.250. The van der Waals surface area contributed by atoms with E-state index in [4.69, 9.17) is 22.1 Å². The fourth-order valence-corrected chi connectivity index (χ4v) is 2.24. The van der Waals surface area contributed by atoms with Crippen molar-refractivity contribution in [2.75, 3.05) is 6.54 Å². The fourth-order valence-electron chi connectivity index (χ4n) is 2.04. The van der Waals surface area contributed by atoms with E-state index in [1.165, 1.54) is 5.56 Å². The Morgan fingerprint density at radius 2 is 1.95 bits per heavy atom. The molecule has 2 rings (SSSR count). The third-order valence-corrected chi connectivity index (χ3v) is 3.27. The average molecular weight is 276 g/mol. The van der Waals surface area contributed by atoms with Crippen LogP contribution >= 0.6 is 11.6 Å². The lowest BCUT2D eigenvalue weighted by atomic mass is 10.1. The summed E-state index contributed by atoms with van der Waals surface area (Å²) in [6.07, 6.45) is -0.180. The third kappa shape index (κ3) is 3.49. The van der Waals surface area contributed by atoms with Gasteiger partial charge in [-0.2, -0.15) is 0 Å². The molecule has 2 aromatic carbocycles. The van der Waals surface area contributed by atoms with Crippen LogP contribution in [0.4, 0.5) is 0 Å². The van der Waals surface area contributed by atoms with Gasteiger partial charge in [0, 0.05) is 11.6 Å². The zero-order chi connectivity index (χ0) is 13.8. The molecule has 0 amide bonds. The number of rotatable bonds is 4. The van der Waals surface area contributed by atoms with Gasteiger partial charge in [0.25, 0.3) is 0 Å². The Morgan fingerprint density at radius 3 is 2.58 bits per heavy atom. The molecule has 100 valence electrons. The molecule has 0 radical (unpaired) electrons. The lowest BCUT2D eigenvalue weighted by Gasteiger charge is -2.19. The highest BCUT2D eigenvalue weighted by molar-refractivity contribution is 6.30. The van der Waals surface area contributed by atoms with Gasteiger partial charge in [-0.1, -0.05) is 41.4 Å². The molecule has 2 nitrogen and oxygen atoms in total. The number of aryl methyl sites for hydroxylation is 2. The average Bonchev–Trinajstić information content (AvgIpc) is 2.38. The molecule has 0 aromatic heterocycles. The molecule has 1 unspecified atom stereocenters. The van der Waals surface area contributed by atoms with Crippen LogP contribution in [-0.4, -0.2) is 6.54 Å². The van der Waals surface area contributed by atoms with Gasteiger partial charge in [-0.25, -0.2) is 0 Å². The summed E-state index contributed by atoms with van der Waals surface area (Å²) >= 11 is 6.00. The minimum atomic E-state index is -0.180. The molecule has 0 spiro atoms. The molecule has 0 bridgehead atoms. The molecule has 0 saturated heterocycles. The van der Waals surface area contributed by atoms with E-state index in [2.05, 4.69) is 13.0 Å². The van der Waals surface area contributed by atoms with Gasteiger partial charge in [-0.05, 0) is 43.2 Å². The Morgan fingerprint density at radius 1 is 1.16 bits per heavy atom. The second-order valence-electron chi connectivity index (χ2n) is 4.67. The van der Waals surface area contributed by atoms with Gasteiger partial charge < -0.3 is 10.5 Å². The first-order chi connectivity index (χ1) is 9.10. The molecule has 1 atom stereocenters. The quantitative estimate of drug-likeness (QED) is 0.914. The largest absolute Gasteiger partial charge is 0.484 e. The normalized spacial score (nSPS) is 12.2. The van der Waals surface area contributed by atoms with Crippen molar-refractivity contribution in [3.8, 4) is 5.75 Å². The van der Waals surface area contributed by atoms with Gasteiger partial charge in [-0.15, -0.1) is 0 Å². The summed E-state index contributed by atoms with van der Waals surface area (Å²) in [5.74, 6) is 0.862. The van der Waals surface area contributed by atoms with E-state index < -0.39 is 0 Å². The Kier molecular flexibility index (Phi) is 4.46. The molecule has 0 heterocycles. The Labute approximate surface area is 119 Å². The Hall–Kier alpha value is -1.51. The first-order valence-corrected chi connectivity index (χ1v) is 6.67. The Balaban J connectivity index is 2.24. The monoisotopic (exact) mass is 275 g/mol. The van der Waals surface area contributed by atoms with Crippen LogP contribution in [0.3, 0.4) is 0 Å². The van der Waals surface area contributed by atoms with E-state index >= 15 is 0 Å². The van der Waals surface area contributed by atoms with Crippen LogP contribution in [0.15, 0.2) is 42.5 Å². The minimum Gasteiger partial charge on any atom is -0.484 e. The zero-order valence-corrected chi connectivity index (χ0v) is 11.9. The molecule has 0 aliphatic carbocycles. The van der Waals surface area contributed by atoms with Crippen molar-refractivity contribution in [1.29, 1.82) is 0 Å². The molecule has 2 aromatic rings. The maximum absolute atomic E-state index is 6.01. The predicted molar refractivity (Wildman–Crippen MR) is 79.8 cm³/mol. The van der Waals surface area contributed by atoms with Gasteiger partial charge in [0.1, 0.15) is 11.9 Å². The van der Waals surface area contributed by atoms with Crippen molar-refractivity contribution in [3.63, 3.8) is 0 Å². The van der Waals surface area contributed by atoms with Crippen molar-refractivity contribution in [2.45, 2.75) is 20.0 Å². The molecule has 0 fully saturated rings. The van der Waals surface area contributed by atoms with Gasteiger partial charge in [0.2, 0.25) is 0 Å². The maximum Gasteiger partial charge on any atom is 0.136 e. The van der Waals surface area contributed by atoms with Crippen LogP contribution in [0.2, 0.25) is 5.02 Å². The smallest absolute Gasteiger partial charge is 0.136 e. The number of hydrogen-bond acceptors (Lipinski definition) is 2. The van der Waals surface area contributed by atoms with Crippen molar-refractivity contribution in [1.82, 2.24) is 0 Å². The van der Waals surface area contributed by atoms with Crippen LogP contribution in [0.25, 0.3) is 0 Å². The van der Waals surface area contributed by atoms with Crippen LogP contribution in [-0.2, 0) is 0 Å². The van der Waals surface area contributed by atoms with Crippen molar-refractivity contribution in [3.05, 3.63) is 64.2 Å². The number of halogens is 1. The topological polar surface area (TPSA) is 35.2 Å². The van der Waals surface area contributed by atoms with Crippen LogP contribution in [0.1, 0.15) is 22.8 Å². The van der Waals surface area contributed by atoms with E-state index in [1.54, 1.807) is 0 Å². The van der Waals surface area contributed by atoms with Crippen molar-refractivity contribution in [2.24, 2.45) is 5.73 Å². The van der Waals surface area contributed by atoms with Crippen LogP contribution in [0.5, 0.6) is 5.75 Å². The molecule has 2 N–H and O–H groups in total. The molecule has 0 aliphatic heterocycles. The van der Waals surface area contributed by atoms with Crippen molar-refractivity contribution >= 4 is 11.6 Å². The maximum atomic E-state index is 6.01. The van der Waals surface area contributed by atoms with Gasteiger partial charge in [0.05, 0.1) is 0 Å². The first kappa shape index (κ1) is 13.9. The highest BCUT2D eigenvalue weighted by atomic mass is 35.5. The molecule has 0 aliphatic rings. The lowest BCUT2D eigenvalue weighted by molar-refractivity contribution is 0.213. The first-order valence-electron chi connectivity index (χ1n) is 6.29. The predicted octanol–water partition coefficient (Wildman–Crippen LogP) is 4.04. The van der Waals surface area contributed by atoms with E-state index in [9.17, 15) is 0 Å². The summed E-state index contributed by atoms with van der Waals surface area (Å²) in [6, 6.07) is 13.7. The Bertz CT molecular complexity index is 568. The van der Waals surface area contributed by atoms with Crippen LogP contribution in [0, 0.1) is 13.8 Å². The highest BCUT2D eigenvalue weighted by Crippen LogP contribution is 2.26. The number of ether oxygens (including phenoxy) is 1. The van der Waals surface area contributed by atoms with Gasteiger partial charge >= 0.3 is 0 Å². The number of hydrogen-bond donors (Lipinski definition) is 1. The van der Waals surface area contributed by atoms with E-state index in [0.717, 1.165) is 16.9 Å². The number of nitrogens with two attached hydrogens (primary N) is 1. The molecular formula is C16H18ClNO. The standard InChI is InChI=1S/C16H18ClNO/c1-11-6-7-15(12(2)8-11)19-16(10-18)13-4-3-5-14(17)9-13/h3-9,16H,10,18H2,1-2H3. The zero-order valence-electron chi connectivity index (χ0n) is 11.2. The van der Waals surface area contributed by atoms with E-state index in [0.29, 0.717) is 11.6 Å². The summed E-state index contributed by atoms with van der Waals surface area (Å²) in [7, 11) is 0. The summed E-state index contributed by atoms with van der Waals surface area (Å²) in [5.41, 5.74) is 9.14. The number of benzene rings is 2. The highest BCUT2D eigenvalue weighted by Gasteiger charge is 2.13. The van der Waals surface area contributed by atoms with Gasteiger partial charge in [0.15, 0.2) is 0 Å². The summed E-state index contributed by atoms with van der Waals surface area (Å²) in [5, 5.41) is 0.695. The second-order valence-corrected chi connectivity index (χ2v) is 5.10. The van der Waals surface area contributed by atoms with Crippen molar-refractivity contribution < 1.29 is 4.74 Å².